The van der Waals surface area contributed by atoms with E-state index in [2.05, 4.69) is 17.0 Å². The molecule has 3 rings (SSSR count). The molecule has 1 N–H and O–H groups in total. The number of benzene rings is 2. The minimum absolute atomic E-state index is 0.0836. The topological polar surface area (TPSA) is 23.5 Å². The number of halogens is 3. The SMILES string of the molecule is CC[C@@](O)(c1cccc(C(F)(F)F)c1)[C@H]1CCN(Cc2ccccc2)C1. The van der Waals surface area contributed by atoms with Gasteiger partial charge in [0.15, 0.2) is 0 Å². The molecule has 1 aliphatic rings. The number of hydrogen-bond donors (Lipinski definition) is 1. The summed E-state index contributed by atoms with van der Waals surface area (Å²) in [6.07, 6.45) is -3.24. The van der Waals surface area contributed by atoms with Crippen molar-refractivity contribution in [3.8, 4) is 0 Å². The Balaban J connectivity index is 1.78. The molecule has 2 nitrogen and oxygen atoms in total. The van der Waals surface area contributed by atoms with Crippen molar-refractivity contribution in [3.63, 3.8) is 0 Å². The van der Waals surface area contributed by atoms with Gasteiger partial charge < -0.3 is 5.11 Å². The molecule has 0 aliphatic carbocycles. The van der Waals surface area contributed by atoms with E-state index in [4.69, 9.17) is 0 Å². The third kappa shape index (κ3) is 3.94. The van der Waals surface area contributed by atoms with Gasteiger partial charge in [-0.25, -0.2) is 0 Å². The van der Waals surface area contributed by atoms with Crippen LogP contribution >= 0.6 is 0 Å². The molecule has 0 spiro atoms. The third-order valence-electron chi connectivity index (χ3n) is 5.43. The Bertz CT molecular complexity index is 732. The number of hydrogen-bond acceptors (Lipinski definition) is 2. The highest BCUT2D eigenvalue weighted by Crippen LogP contribution is 2.40. The quantitative estimate of drug-likeness (QED) is 0.823. The molecule has 5 heteroatoms. The highest BCUT2D eigenvalue weighted by molar-refractivity contribution is 5.31. The first-order valence-electron chi connectivity index (χ1n) is 8.99. The number of rotatable bonds is 5. The first kappa shape index (κ1) is 18.9. The van der Waals surface area contributed by atoms with Gasteiger partial charge in [-0.3, -0.25) is 4.90 Å². The second-order valence-corrected chi connectivity index (χ2v) is 7.06. The first-order valence-corrected chi connectivity index (χ1v) is 8.99. The zero-order valence-electron chi connectivity index (χ0n) is 14.8. The van der Waals surface area contributed by atoms with E-state index in [1.165, 1.54) is 11.6 Å². The van der Waals surface area contributed by atoms with Crippen molar-refractivity contribution in [2.24, 2.45) is 5.92 Å². The monoisotopic (exact) mass is 363 g/mol. The van der Waals surface area contributed by atoms with E-state index in [0.29, 0.717) is 18.5 Å². The number of nitrogens with zero attached hydrogens (tertiary/aromatic N) is 1. The van der Waals surface area contributed by atoms with Crippen LogP contribution in [0.2, 0.25) is 0 Å². The fourth-order valence-corrected chi connectivity index (χ4v) is 3.90. The molecule has 1 aliphatic heterocycles. The van der Waals surface area contributed by atoms with E-state index in [9.17, 15) is 18.3 Å². The predicted molar refractivity (Wildman–Crippen MR) is 95.5 cm³/mol. The standard InChI is InChI=1S/C21H24F3NO/c1-2-20(26,17-9-6-10-18(13-17)21(22,23)24)19-11-12-25(15-19)14-16-7-4-3-5-8-16/h3-10,13,19,26H,2,11-12,14-15H2,1H3/t19-,20+/m0/s1. The summed E-state index contributed by atoms with van der Waals surface area (Å²) in [6.45, 7) is 4.14. The second-order valence-electron chi connectivity index (χ2n) is 7.06. The zero-order valence-corrected chi connectivity index (χ0v) is 14.8. The van der Waals surface area contributed by atoms with Gasteiger partial charge in [0, 0.05) is 19.0 Å². The molecule has 0 radical (unpaired) electrons. The number of likely N-dealkylation sites (tertiary alicyclic amines) is 1. The Hall–Kier alpha value is -1.85. The average Bonchev–Trinajstić information content (AvgIpc) is 3.10. The molecule has 2 aromatic carbocycles. The van der Waals surface area contributed by atoms with Gasteiger partial charge in [-0.1, -0.05) is 49.4 Å². The van der Waals surface area contributed by atoms with E-state index < -0.39 is 17.3 Å². The highest BCUT2D eigenvalue weighted by atomic mass is 19.4. The fraction of sp³-hybridized carbons (Fsp3) is 0.429. The van der Waals surface area contributed by atoms with E-state index >= 15 is 0 Å². The molecule has 0 amide bonds. The second kappa shape index (κ2) is 7.41. The Kier molecular flexibility index (Phi) is 5.39. The first-order chi connectivity index (χ1) is 12.3. The van der Waals surface area contributed by atoms with Gasteiger partial charge in [0.1, 0.15) is 0 Å². The molecule has 0 unspecified atom stereocenters. The summed E-state index contributed by atoms with van der Waals surface area (Å²) < 4.78 is 39.2. The summed E-state index contributed by atoms with van der Waals surface area (Å²) >= 11 is 0. The van der Waals surface area contributed by atoms with Crippen LogP contribution < -0.4 is 0 Å². The molecule has 0 saturated carbocycles. The van der Waals surface area contributed by atoms with Gasteiger partial charge in [0.25, 0.3) is 0 Å². The van der Waals surface area contributed by atoms with Gasteiger partial charge in [-0.15, -0.1) is 0 Å². The van der Waals surface area contributed by atoms with Crippen LogP contribution in [0.1, 0.15) is 36.5 Å². The van der Waals surface area contributed by atoms with E-state index in [-0.39, 0.29) is 5.92 Å². The van der Waals surface area contributed by atoms with Gasteiger partial charge in [0.05, 0.1) is 11.2 Å². The van der Waals surface area contributed by atoms with E-state index in [1.807, 2.05) is 25.1 Å². The van der Waals surface area contributed by atoms with Crippen LogP contribution in [0.4, 0.5) is 13.2 Å². The van der Waals surface area contributed by atoms with Crippen LogP contribution in [0.25, 0.3) is 0 Å². The number of alkyl halides is 3. The molecule has 26 heavy (non-hydrogen) atoms. The minimum atomic E-state index is -4.40. The maximum Gasteiger partial charge on any atom is 0.416 e. The lowest BCUT2D eigenvalue weighted by Gasteiger charge is -2.34. The van der Waals surface area contributed by atoms with Crippen molar-refractivity contribution in [3.05, 3.63) is 71.3 Å². The largest absolute Gasteiger partial charge is 0.416 e. The van der Waals surface area contributed by atoms with Crippen molar-refractivity contribution in [2.45, 2.75) is 38.1 Å². The maximum atomic E-state index is 13.1. The molecular weight excluding hydrogens is 339 g/mol. The summed E-state index contributed by atoms with van der Waals surface area (Å²) in [5, 5.41) is 11.3. The molecule has 140 valence electrons. The Morgan fingerprint density at radius 3 is 2.38 bits per heavy atom. The Labute approximate surface area is 152 Å². The van der Waals surface area contributed by atoms with Crippen LogP contribution in [0.3, 0.4) is 0 Å². The predicted octanol–water partition coefficient (Wildman–Crippen LogP) is 4.83. The van der Waals surface area contributed by atoms with E-state index in [0.717, 1.165) is 31.6 Å². The Morgan fingerprint density at radius 1 is 1.04 bits per heavy atom. The lowest BCUT2D eigenvalue weighted by Crippen LogP contribution is -2.36. The van der Waals surface area contributed by atoms with E-state index in [1.54, 1.807) is 6.07 Å². The smallest absolute Gasteiger partial charge is 0.385 e. The highest BCUT2D eigenvalue weighted by Gasteiger charge is 2.42. The molecule has 1 saturated heterocycles. The minimum Gasteiger partial charge on any atom is -0.385 e. The molecule has 0 bridgehead atoms. The average molecular weight is 363 g/mol. The fourth-order valence-electron chi connectivity index (χ4n) is 3.90. The normalized spacial score (nSPS) is 20.9. The summed E-state index contributed by atoms with van der Waals surface area (Å²) in [6, 6.07) is 15.2. The molecule has 2 atom stereocenters. The Morgan fingerprint density at radius 2 is 1.73 bits per heavy atom. The summed E-state index contributed by atoms with van der Waals surface area (Å²) in [4.78, 5) is 2.26. The van der Waals surface area contributed by atoms with Gasteiger partial charge in [-0.2, -0.15) is 13.2 Å². The molecule has 0 aromatic heterocycles. The van der Waals surface area contributed by atoms with Gasteiger partial charge >= 0.3 is 6.18 Å². The molecule has 1 heterocycles. The van der Waals surface area contributed by atoms with Crippen LogP contribution in [-0.4, -0.2) is 23.1 Å². The van der Waals surface area contributed by atoms with Crippen molar-refractivity contribution >= 4 is 0 Å². The summed E-state index contributed by atoms with van der Waals surface area (Å²) in [5.41, 5.74) is -0.387. The molecule has 1 fully saturated rings. The lowest BCUT2D eigenvalue weighted by molar-refractivity contribution is -0.137. The van der Waals surface area contributed by atoms with Crippen molar-refractivity contribution in [2.75, 3.05) is 13.1 Å². The zero-order chi connectivity index (χ0) is 18.8. The molecule has 2 aromatic rings. The molecular formula is C21H24F3NO. The van der Waals surface area contributed by atoms with Crippen molar-refractivity contribution in [1.29, 1.82) is 0 Å². The summed E-state index contributed by atoms with van der Waals surface area (Å²) in [7, 11) is 0. The van der Waals surface area contributed by atoms with Crippen molar-refractivity contribution in [1.82, 2.24) is 4.90 Å². The van der Waals surface area contributed by atoms with Gasteiger partial charge in [0.2, 0.25) is 0 Å². The number of aliphatic hydroxyl groups is 1. The van der Waals surface area contributed by atoms with Crippen molar-refractivity contribution < 1.29 is 18.3 Å². The van der Waals surface area contributed by atoms with Crippen LogP contribution in [-0.2, 0) is 18.3 Å². The van der Waals surface area contributed by atoms with Gasteiger partial charge in [-0.05, 0) is 42.6 Å². The lowest BCUT2D eigenvalue weighted by atomic mass is 9.78. The van der Waals surface area contributed by atoms with Crippen LogP contribution in [0.5, 0.6) is 0 Å². The van der Waals surface area contributed by atoms with Crippen LogP contribution in [0.15, 0.2) is 54.6 Å². The third-order valence-corrected chi connectivity index (χ3v) is 5.43. The maximum absolute atomic E-state index is 13.1. The van der Waals surface area contributed by atoms with Crippen LogP contribution in [0, 0.1) is 5.92 Å². The summed E-state index contributed by atoms with van der Waals surface area (Å²) in [5.74, 6) is -0.0836.